The topological polar surface area (TPSA) is 88.6 Å². The quantitative estimate of drug-likeness (QED) is 0.467. The van der Waals surface area contributed by atoms with Crippen molar-refractivity contribution in [2.24, 2.45) is 0 Å². The number of rotatable bonds is 7. The van der Waals surface area contributed by atoms with E-state index in [2.05, 4.69) is 51.5 Å². The fraction of sp³-hybridized carbons (Fsp3) is 0.296. The molecule has 0 amide bonds. The zero-order valence-corrected chi connectivity index (χ0v) is 20.8. The van der Waals surface area contributed by atoms with Gasteiger partial charge in [0.2, 0.25) is 5.95 Å². The van der Waals surface area contributed by atoms with Crippen molar-refractivity contribution >= 4 is 35.4 Å². The highest BCUT2D eigenvalue weighted by atomic mass is 19.1. The molecule has 2 atom stereocenters. The molecule has 0 radical (unpaired) electrons. The zero-order valence-electron chi connectivity index (χ0n) is 20.8. The maximum Gasteiger partial charge on any atom is 0.338 e. The monoisotopic (exact) mass is 491 g/mol. The molecule has 188 valence electrons. The van der Waals surface area contributed by atoms with E-state index in [1.54, 1.807) is 18.5 Å². The van der Waals surface area contributed by atoms with Gasteiger partial charge in [0.25, 0.3) is 0 Å². The highest BCUT2D eigenvalue weighted by Crippen LogP contribution is 2.26. The van der Waals surface area contributed by atoms with Gasteiger partial charge in [-0.3, -0.25) is 0 Å². The maximum atomic E-state index is 14.6. The molecular formula is C27H30FN5O3. The number of benzene rings is 2. The molecule has 2 heterocycles. The Bertz CT molecular complexity index is 1220. The molecule has 9 heteroatoms. The summed E-state index contributed by atoms with van der Waals surface area (Å²) in [6.07, 6.45) is 6.45. The Balaban J connectivity index is 1.42. The standard InChI is InChI=1S/C27H30FN5O3/c1-17-15-33(16-18(2)31-17)23-9-7-22(8-10-23)32-27-29-13-19(14-30-27)5-6-20-11-21(26(34)36-4)12-24(35-3)25(20)28/h5-14,17-18,31H,15-16H2,1-4H3,(H,29,30,32)/t17-,18+. The van der Waals surface area contributed by atoms with Crippen LogP contribution in [0.3, 0.4) is 0 Å². The Labute approximate surface area is 210 Å². The van der Waals surface area contributed by atoms with Crippen LogP contribution in [-0.4, -0.2) is 55.3 Å². The summed E-state index contributed by atoms with van der Waals surface area (Å²) in [6.45, 7) is 6.33. The number of hydrogen-bond acceptors (Lipinski definition) is 8. The van der Waals surface area contributed by atoms with Crippen molar-refractivity contribution < 1.29 is 18.7 Å². The Morgan fingerprint density at radius 3 is 2.36 bits per heavy atom. The zero-order chi connectivity index (χ0) is 25.7. The molecule has 0 saturated carbocycles. The largest absolute Gasteiger partial charge is 0.494 e. The number of anilines is 3. The second-order valence-electron chi connectivity index (χ2n) is 8.79. The van der Waals surface area contributed by atoms with Gasteiger partial charge in [-0.15, -0.1) is 0 Å². The van der Waals surface area contributed by atoms with Crippen LogP contribution in [0.1, 0.15) is 35.3 Å². The Morgan fingerprint density at radius 1 is 1.08 bits per heavy atom. The van der Waals surface area contributed by atoms with Crippen molar-refractivity contribution in [2.45, 2.75) is 25.9 Å². The van der Waals surface area contributed by atoms with E-state index in [1.165, 1.54) is 38.1 Å². The van der Waals surface area contributed by atoms with Gasteiger partial charge in [-0.2, -0.15) is 0 Å². The number of carbonyl (C=O) groups excluding carboxylic acids is 1. The molecule has 3 aromatic rings. The molecular weight excluding hydrogens is 461 g/mol. The van der Waals surface area contributed by atoms with Crippen molar-refractivity contribution in [3.8, 4) is 5.75 Å². The molecule has 1 fully saturated rings. The van der Waals surface area contributed by atoms with Gasteiger partial charge in [-0.05, 0) is 50.2 Å². The number of halogens is 1. The Hall–Kier alpha value is -3.98. The molecule has 36 heavy (non-hydrogen) atoms. The number of aromatic nitrogens is 2. The summed E-state index contributed by atoms with van der Waals surface area (Å²) >= 11 is 0. The predicted molar refractivity (Wildman–Crippen MR) is 139 cm³/mol. The maximum absolute atomic E-state index is 14.6. The molecule has 8 nitrogen and oxygen atoms in total. The van der Waals surface area contributed by atoms with E-state index < -0.39 is 11.8 Å². The third kappa shape index (κ3) is 5.98. The number of nitrogens with zero attached hydrogens (tertiary/aromatic N) is 3. The summed E-state index contributed by atoms with van der Waals surface area (Å²) in [5.41, 5.74) is 3.11. The van der Waals surface area contributed by atoms with Crippen molar-refractivity contribution in [3.63, 3.8) is 0 Å². The number of piperazine rings is 1. The lowest BCUT2D eigenvalue weighted by Crippen LogP contribution is -2.54. The average Bonchev–Trinajstić information content (AvgIpc) is 2.88. The van der Waals surface area contributed by atoms with E-state index in [-0.39, 0.29) is 16.9 Å². The second kappa shape index (κ2) is 11.2. The molecule has 2 N–H and O–H groups in total. The van der Waals surface area contributed by atoms with E-state index in [4.69, 9.17) is 9.47 Å². The minimum Gasteiger partial charge on any atom is -0.494 e. The van der Waals surface area contributed by atoms with Gasteiger partial charge in [0.1, 0.15) is 0 Å². The lowest BCUT2D eigenvalue weighted by atomic mass is 10.1. The number of ether oxygens (including phenoxy) is 2. The number of carbonyl (C=O) groups is 1. The lowest BCUT2D eigenvalue weighted by Gasteiger charge is -2.37. The summed E-state index contributed by atoms with van der Waals surface area (Å²) in [6, 6.07) is 11.8. The van der Waals surface area contributed by atoms with Crippen molar-refractivity contribution in [3.05, 3.63) is 71.3 Å². The fourth-order valence-corrected chi connectivity index (χ4v) is 4.22. The molecule has 2 aromatic carbocycles. The van der Waals surface area contributed by atoms with E-state index >= 15 is 0 Å². The van der Waals surface area contributed by atoms with E-state index in [9.17, 15) is 9.18 Å². The average molecular weight is 492 g/mol. The third-order valence-electron chi connectivity index (χ3n) is 5.88. The molecule has 1 aliphatic heterocycles. The molecule has 0 unspecified atom stereocenters. The van der Waals surface area contributed by atoms with Crippen molar-refractivity contribution in [1.82, 2.24) is 15.3 Å². The summed E-state index contributed by atoms with van der Waals surface area (Å²) < 4.78 is 24.4. The number of esters is 1. The number of methoxy groups -OCH3 is 2. The van der Waals surface area contributed by atoms with E-state index in [0.29, 0.717) is 23.6 Å². The normalized spacial score (nSPS) is 17.8. The highest BCUT2D eigenvalue weighted by Gasteiger charge is 2.21. The molecule has 1 aliphatic rings. The molecule has 1 saturated heterocycles. The molecule has 0 aliphatic carbocycles. The first-order valence-electron chi connectivity index (χ1n) is 11.7. The van der Waals surface area contributed by atoms with E-state index in [1.807, 2.05) is 12.1 Å². The first-order valence-corrected chi connectivity index (χ1v) is 11.7. The van der Waals surface area contributed by atoms with Crippen LogP contribution in [0.5, 0.6) is 5.75 Å². The van der Waals surface area contributed by atoms with Crippen LogP contribution in [0.2, 0.25) is 0 Å². The van der Waals surface area contributed by atoms with Crippen LogP contribution in [0.4, 0.5) is 21.7 Å². The first kappa shape index (κ1) is 25.1. The highest BCUT2D eigenvalue weighted by molar-refractivity contribution is 5.91. The van der Waals surface area contributed by atoms with Crippen LogP contribution in [0, 0.1) is 5.82 Å². The van der Waals surface area contributed by atoms with Crippen LogP contribution in [0.25, 0.3) is 12.2 Å². The van der Waals surface area contributed by atoms with E-state index in [0.717, 1.165) is 18.8 Å². The number of hydrogen-bond donors (Lipinski definition) is 2. The van der Waals surface area contributed by atoms with Crippen molar-refractivity contribution in [2.75, 3.05) is 37.5 Å². The number of nitrogens with one attached hydrogen (secondary N) is 2. The van der Waals surface area contributed by atoms with Crippen LogP contribution < -0.4 is 20.3 Å². The first-order chi connectivity index (χ1) is 17.4. The summed E-state index contributed by atoms with van der Waals surface area (Å²) in [5, 5.41) is 6.74. The minimum atomic E-state index is -0.577. The smallest absolute Gasteiger partial charge is 0.338 e. The van der Waals surface area contributed by atoms with Crippen LogP contribution >= 0.6 is 0 Å². The summed E-state index contributed by atoms with van der Waals surface area (Å²) in [7, 11) is 2.61. The predicted octanol–water partition coefficient (Wildman–Crippen LogP) is 4.51. The van der Waals surface area contributed by atoms with Gasteiger partial charge in [-0.25, -0.2) is 19.2 Å². The van der Waals surface area contributed by atoms with Gasteiger partial charge in [0, 0.05) is 60.1 Å². The van der Waals surface area contributed by atoms with Crippen LogP contribution in [-0.2, 0) is 4.74 Å². The summed E-state index contributed by atoms with van der Waals surface area (Å²) in [5.74, 6) is -0.745. The SMILES string of the molecule is COC(=O)c1cc(C=Cc2cnc(Nc3ccc(N4C[C@@H](C)N[C@@H](C)C4)cc3)nc2)c(F)c(OC)c1. The molecule has 0 bridgehead atoms. The fourth-order valence-electron chi connectivity index (χ4n) is 4.22. The van der Waals surface area contributed by atoms with Gasteiger partial charge in [-0.1, -0.05) is 12.2 Å². The van der Waals surface area contributed by atoms with Gasteiger partial charge in [0.15, 0.2) is 11.6 Å². The Morgan fingerprint density at radius 2 is 1.75 bits per heavy atom. The third-order valence-corrected chi connectivity index (χ3v) is 5.88. The Kier molecular flexibility index (Phi) is 7.80. The summed E-state index contributed by atoms with van der Waals surface area (Å²) in [4.78, 5) is 23.0. The molecule has 0 spiro atoms. The minimum absolute atomic E-state index is 0.0413. The van der Waals surface area contributed by atoms with Crippen LogP contribution in [0.15, 0.2) is 48.8 Å². The second-order valence-corrected chi connectivity index (χ2v) is 8.79. The van der Waals surface area contributed by atoms with Gasteiger partial charge in [0.05, 0.1) is 19.8 Å². The van der Waals surface area contributed by atoms with Gasteiger partial charge >= 0.3 is 5.97 Å². The van der Waals surface area contributed by atoms with Crippen molar-refractivity contribution in [1.29, 1.82) is 0 Å². The molecule has 4 rings (SSSR count). The lowest BCUT2D eigenvalue weighted by molar-refractivity contribution is 0.0600. The van der Waals surface area contributed by atoms with Gasteiger partial charge < -0.3 is 25.0 Å². The molecule has 1 aromatic heterocycles.